The van der Waals surface area contributed by atoms with Gasteiger partial charge >= 0.3 is 0 Å². The van der Waals surface area contributed by atoms with E-state index in [1.807, 2.05) is 19.1 Å². The zero-order chi connectivity index (χ0) is 18.2. The minimum absolute atomic E-state index is 0.0925. The average molecular weight is 359 g/mol. The van der Waals surface area contributed by atoms with Gasteiger partial charge in [0.15, 0.2) is 5.65 Å². The summed E-state index contributed by atoms with van der Waals surface area (Å²) in [6, 6.07) is 9.72. The number of aryl methyl sites for hydroxylation is 1. The van der Waals surface area contributed by atoms with E-state index in [9.17, 15) is 9.59 Å². The van der Waals surface area contributed by atoms with Crippen LogP contribution < -0.4 is 5.56 Å². The van der Waals surface area contributed by atoms with E-state index < -0.39 is 0 Å². The lowest BCUT2D eigenvalue weighted by molar-refractivity contribution is -0.128. The minimum Gasteiger partial charge on any atom is -0.468 e. The van der Waals surface area contributed by atoms with Crippen molar-refractivity contribution < 1.29 is 9.53 Å². The molecule has 1 N–H and O–H groups in total. The predicted molar refractivity (Wildman–Crippen MR) is 100 cm³/mol. The van der Waals surface area contributed by atoms with Gasteiger partial charge in [-0.25, -0.2) is 9.50 Å². The first-order valence-corrected chi connectivity index (χ1v) is 8.95. The third-order valence-electron chi connectivity index (χ3n) is 3.38. The van der Waals surface area contributed by atoms with Gasteiger partial charge in [0, 0.05) is 28.3 Å². The Morgan fingerprint density at radius 3 is 2.56 bits per heavy atom. The van der Waals surface area contributed by atoms with Crippen LogP contribution in [0.2, 0.25) is 0 Å². The van der Waals surface area contributed by atoms with E-state index in [0.29, 0.717) is 24.4 Å². The summed E-state index contributed by atoms with van der Waals surface area (Å²) >= 11 is 1.80. The van der Waals surface area contributed by atoms with Gasteiger partial charge in [-0.1, -0.05) is 19.1 Å². The number of fused-ring (bicyclic) bond motifs is 1. The summed E-state index contributed by atoms with van der Waals surface area (Å²) in [6.07, 6.45) is 1.79. The summed E-state index contributed by atoms with van der Waals surface area (Å²) in [5.74, 6) is 1.05. The van der Waals surface area contributed by atoms with E-state index in [-0.39, 0.29) is 5.56 Å². The fourth-order valence-corrected chi connectivity index (χ4v) is 2.86. The first-order chi connectivity index (χ1) is 12.1. The molecule has 0 spiro atoms. The third kappa shape index (κ3) is 4.73. The number of carbonyl (C=O) groups is 1. The van der Waals surface area contributed by atoms with E-state index in [1.165, 1.54) is 9.41 Å². The van der Waals surface area contributed by atoms with Crippen molar-refractivity contribution in [3.63, 3.8) is 0 Å². The second-order valence-electron chi connectivity index (χ2n) is 5.10. The molecular weight excluding hydrogens is 338 g/mol. The van der Waals surface area contributed by atoms with Crippen LogP contribution in [0.5, 0.6) is 0 Å². The topological polar surface area (TPSA) is 76.5 Å². The molecule has 3 rings (SSSR count). The first kappa shape index (κ1) is 18.8. The number of benzene rings is 1. The number of thioether (sulfide) groups is 1. The van der Waals surface area contributed by atoms with E-state index in [0.717, 1.165) is 16.9 Å². The third-order valence-corrected chi connectivity index (χ3v) is 4.27. The van der Waals surface area contributed by atoms with Crippen LogP contribution >= 0.6 is 11.8 Å². The van der Waals surface area contributed by atoms with Crippen molar-refractivity contribution in [2.45, 2.75) is 25.7 Å². The molecule has 25 heavy (non-hydrogen) atoms. The van der Waals surface area contributed by atoms with Gasteiger partial charge in [0.2, 0.25) is 0 Å². The number of carbonyl (C=O) groups excluding carboxylic acids is 1. The van der Waals surface area contributed by atoms with Gasteiger partial charge in [-0.05, 0) is 31.7 Å². The van der Waals surface area contributed by atoms with E-state index in [4.69, 9.17) is 0 Å². The maximum absolute atomic E-state index is 12.0. The molecule has 0 fully saturated rings. The number of hydrogen-bond donors (Lipinski definition) is 1. The molecule has 0 atom stereocenters. The maximum Gasteiger partial charge on any atom is 0.293 e. The first-order valence-electron chi connectivity index (χ1n) is 7.97. The van der Waals surface area contributed by atoms with E-state index in [1.54, 1.807) is 30.9 Å². The van der Waals surface area contributed by atoms with Gasteiger partial charge in [-0.15, -0.1) is 11.8 Å². The molecule has 6 nitrogen and oxygen atoms in total. The van der Waals surface area contributed by atoms with Crippen LogP contribution in [0.15, 0.2) is 46.2 Å². The monoisotopic (exact) mass is 359 g/mol. The Morgan fingerprint density at radius 2 is 2.00 bits per heavy atom. The summed E-state index contributed by atoms with van der Waals surface area (Å²) in [5, 5.41) is 2.90. The largest absolute Gasteiger partial charge is 0.468 e. The molecule has 0 aliphatic carbocycles. The Balaban J connectivity index is 0.000000399. The molecule has 1 aromatic carbocycles. The number of hydrogen-bond acceptors (Lipinski definition) is 5. The highest BCUT2D eigenvalue weighted by atomic mass is 32.2. The molecule has 7 heteroatoms. The smallest absolute Gasteiger partial charge is 0.293 e. The molecule has 0 aliphatic rings. The van der Waals surface area contributed by atoms with Crippen molar-refractivity contribution in [2.24, 2.45) is 0 Å². The summed E-state index contributed by atoms with van der Waals surface area (Å²) in [4.78, 5) is 27.0. The number of ether oxygens (including phenoxy) is 1. The number of aromatic nitrogens is 3. The molecule has 3 aromatic rings. The van der Waals surface area contributed by atoms with Crippen LogP contribution in [0.1, 0.15) is 19.4 Å². The van der Waals surface area contributed by atoms with Gasteiger partial charge in [0.25, 0.3) is 12.0 Å². The Morgan fingerprint density at radius 1 is 1.28 bits per heavy atom. The zero-order valence-electron chi connectivity index (χ0n) is 14.5. The molecule has 0 saturated carbocycles. The van der Waals surface area contributed by atoms with Crippen LogP contribution in [0.4, 0.5) is 0 Å². The van der Waals surface area contributed by atoms with E-state index >= 15 is 0 Å². The van der Waals surface area contributed by atoms with Crippen LogP contribution in [0.3, 0.4) is 0 Å². The Bertz CT molecular complexity index is 885. The lowest BCUT2D eigenvalue weighted by Gasteiger charge is -2.03. The second-order valence-corrected chi connectivity index (χ2v) is 6.44. The predicted octanol–water partition coefficient (Wildman–Crippen LogP) is 3.29. The Hall–Kier alpha value is -2.54. The highest BCUT2D eigenvalue weighted by Crippen LogP contribution is 2.22. The molecule has 0 amide bonds. The minimum atomic E-state index is -0.0925. The highest BCUT2D eigenvalue weighted by molar-refractivity contribution is 7.99. The lowest BCUT2D eigenvalue weighted by Crippen LogP contribution is -2.14. The summed E-state index contributed by atoms with van der Waals surface area (Å²) in [6.45, 7) is 6.73. The van der Waals surface area contributed by atoms with Crippen LogP contribution in [-0.2, 0) is 9.53 Å². The van der Waals surface area contributed by atoms with Gasteiger partial charge < -0.3 is 4.74 Å². The molecule has 0 radical (unpaired) electrons. The van der Waals surface area contributed by atoms with Crippen LogP contribution in [-0.4, -0.2) is 33.4 Å². The summed E-state index contributed by atoms with van der Waals surface area (Å²) in [5.41, 5.74) is 3.23. The molecule has 2 heterocycles. The summed E-state index contributed by atoms with van der Waals surface area (Å²) in [7, 11) is 0. The van der Waals surface area contributed by atoms with E-state index in [2.05, 4.69) is 33.9 Å². The molecular formula is C18H21N3O3S. The molecule has 132 valence electrons. The van der Waals surface area contributed by atoms with Gasteiger partial charge in [0.1, 0.15) is 0 Å². The SMILES string of the molecule is CCOC=O.CCSc1ccc(-c2cc(=O)n3[nH]cc(C)c3n2)cc1. The van der Waals surface area contributed by atoms with Crippen molar-refractivity contribution in [1.29, 1.82) is 0 Å². The van der Waals surface area contributed by atoms with Crippen molar-refractivity contribution in [1.82, 2.24) is 14.6 Å². The number of nitrogens with zero attached hydrogens (tertiary/aromatic N) is 2. The number of nitrogens with one attached hydrogen (secondary N) is 1. The van der Waals surface area contributed by atoms with Gasteiger partial charge in [-0.3, -0.25) is 14.7 Å². The van der Waals surface area contributed by atoms with Crippen molar-refractivity contribution in [3.05, 3.63) is 52.4 Å². The quantitative estimate of drug-likeness (QED) is 0.559. The Kier molecular flexibility index (Phi) is 6.82. The number of rotatable bonds is 5. The lowest BCUT2D eigenvalue weighted by atomic mass is 10.1. The zero-order valence-corrected chi connectivity index (χ0v) is 15.3. The standard InChI is InChI=1S/C15H15N3OS.C3H6O2/c1-3-20-12-6-4-11(5-7-12)13-8-14(19)18-15(17-13)10(2)9-16-18;1-2-5-3-4/h4-9,16H,3H2,1-2H3;3H,2H2,1H3. The maximum atomic E-state index is 12.0. The number of aromatic amines is 1. The van der Waals surface area contributed by atoms with Gasteiger partial charge in [0.05, 0.1) is 12.3 Å². The van der Waals surface area contributed by atoms with Crippen molar-refractivity contribution >= 4 is 23.9 Å². The summed E-state index contributed by atoms with van der Waals surface area (Å²) < 4.78 is 5.61. The molecule has 0 unspecified atom stereocenters. The second kappa shape index (κ2) is 9.08. The number of H-pyrrole nitrogens is 1. The molecule has 2 aromatic heterocycles. The van der Waals surface area contributed by atoms with Crippen molar-refractivity contribution in [2.75, 3.05) is 12.4 Å². The highest BCUT2D eigenvalue weighted by Gasteiger charge is 2.07. The average Bonchev–Trinajstić information content (AvgIpc) is 2.99. The fourth-order valence-electron chi connectivity index (χ4n) is 2.20. The van der Waals surface area contributed by atoms with Crippen LogP contribution in [0.25, 0.3) is 16.9 Å². The van der Waals surface area contributed by atoms with Gasteiger partial charge in [-0.2, -0.15) is 0 Å². The fraction of sp³-hybridized carbons (Fsp3) is 0.278. The van der Waals surface area contributed by atoms with Crippen molar-refractivity contribution in [3.8, 4) is 11.3 Å². The Labute approximate surface area is 150 Å². The van der Waals surface area contributed by atoms with Crippen LogP contribution in [0, 0.1) is 6.92 Å². The molecule has 0 bridgehead atoms. The normalized spacial score (nSPS) is 10.2. The molecule has 0 aliphatic heterocycles. The molecule has 0 saturated heterocycles.